The minimum atomic E-state index is -0.839. The lowest BCUT2D eigenvalue weighted by Gasteiger charge is -2.33. The fourth-order valence-electron chi connectivity index (χ4n) is 3.17. The lowest BCUT2D eigenvalue weighted by molar-refractivity contribution is 0.0697. The third-order valence-corrected chi connectivity index (χ3v) is 4.60. The molecule has 0 atom stereocenters. The average molecular weight is 289 g/mol. The zero-order chi connectivity index (χ0) is 14.8. The number of aromatic carboxylic acids is 1. The lowest BCUT2D eigenvalue weighted by Crippen LogP contribution is -2.46. The summed E-state index contributed by atoms with van der Waals surface area (Å²) in [7, 11) is 2.17. The molecule has 0 bridgehead atoms. The second kappa shape index (κ2) is 6.03. The smallest absolute Gasteiger partial charge is 0.335 e. The molecule has 5 heteroatoms. The van der Waals surface area contributed by atoms with Crippen LogP contribution in [0.2, 0.25) is 0 Å². The van der Waals surface area contributed by atoms with Crippen molar-refractivity contribution >= 4 is 11.7 Å². The molecule has 1 aromatic rings. The van der Waals surface area contributed by atoms with Crippen molar-refractivity contribution in [3.05, 3.63) is 29.3 Å². The highest BCUT2D eigenvalue weighted by Crippen LogP contribution is 2.28. The molecule has 0 unspecified atom stereocenters. The molecular weight excluding hydrogens is 266 g/mol. The number of carboxylic acid groups (broad SMARTS) is 1. The van der Waals surface area contributed by atoms with Gasteiger partial charge in [0, 0.05) is 51.5 Å². The maximum atomic E-state index is 11.0. The van der Waals surface area contributed by atoms with Crippen LogP contribution in [0, 0.1) is 0 Å². The molecule has 5 nitrogen and oxygen atoms in total. The molecule has 0 aliphatic carbocycles. The third-order valence-electron chi connectivity index (χ3n) is 4.60. The first-order valence-corrected chi connectivity index (χ1v) is 7.65. The zero-order valence-electron chi connectivity index (χ0n) is 12.6. The van der Waals surface area contributed by atoms with E-state index in [-0.39, 0.29) is 0 Å². The number of piperazine rings is 1. The first-order valence-electron chi connectivity index (χ1n) is 7.65. The van der Waals surface area contributed by atoms with Crippen molar-refractivity contribution in [1.29, 1.82) is 0 Å². The van der Waals surface area contributed by atoms with E-state index in [1.165, 1.54) is 11.3 Å². The molecule has 0 amide bonds. The second-order valence-electron chi connectivity index (χ2n) is 6.03. The van der Waals surface area contributed by atoms with Crippen LogP contribution in [0.15, 0.2) is 18.2 Å². The summed E-state index contributed by atoms with van der Waals surface area (Å²) in [6.45, 7) is 7.73. The Labute approximate surface area is 125 Å². The molecular formula is C16H23N3O2. The van der Waals surface area contributed by atoms with E-state index in [4.69, 9.17) is 5.11 Å². The van der Waals surface area contributed by atoms with Gasteiger partial charge >= 0.3 is 5.97 Å². The zero-order valence-corrected chi connectivity index (χ0v) is 12.6. The first kappa shape index (κ1) is 14.4. The first-order chi connectivity index (χ1) is 10.1. The minimum Gasteiger partial charge on any atom is -0.478 e. The van der Waals surface area contributed by atoms with Crippen LogP contribution in [-0.4, -0.2) is 73.7 Å². The number of hydrogen-bond acceptors (Lipinski definition) is 4. The van der Waals surface area contributed by atoms with Crippen LogP contribution in [0.25, 0.3) is 0 Å². The van der Waals surface area contributed by atoms with Crippen LogP contribution in [0.5, 0.6) is 0 Å². The molecule has 2 aliphatic rings. The Hall–Kier alpha value is -1.59. The molecule has 3 rings (SSSR count). The Kier molecular flexibility index (Phi) is 4.12. The summed E-state index contributed by atoms with van der Waals surface area (Å²) in [4.78, 5) is 18.3. The molecule has 0 saturated carbocycles. The van der Waals surface area contributed by atoms with Gasteiger partial charge in [-0.25, -0.2) is 4.79 Å². The quantitative estimate of drug-likeness (QED) is 0.896. The summed E-state index contributed by atoms with van der Waals surface area (Å²) in [5, 5.41) is 9.05. The van der Waals surface area contributed by atoms with Crippen molar-refractivity contribution in [2.45, 2.75) is 6.42 Å². The summed E-state index contributed by atoms with van der Waals surface area (Å²) in [5.41, 5.74) is 2.79. The van der Waals surface area contributed by atoms with Crippen LogP contribution in [-0.2, 0) is 6.42 Å². The fraction of sp³-hybridized carbons (Fsp3) is 0.562. The Balaban J connectivity index is 1.58. The highest BCUT2D eigenvalue weighted by atomic mass is 16.4. The number of nitrogens with zero attached hydrogens (tertiary/aromatic N) is 3. The number of hydrogen-bond donors (Lipinski definition) is 1. The number of rotatable bonds is 4. The highest BCUT2D eigenvalue weighted by molar-refractivity contribution is 5.88. The molecule has 0 radical (unpaired) electrons. The van der Waals surface area contributed by atoms with E-state index in [1.807, 2.05) is 12.1 Å². The predicted octanol–water partition coefficient (Wildman–Crippen LogP) is 0.995. The van der Waals surface area contributed by atoms with Gasteiger partial charge in [0.2, 0.25) is 0 Å². The van der Waals surface area contributed by atoms with Gasteiger partial charge in [0.25, 0.3) is 0 Å². The van der Waals surface area contributed by atoms with E-state index < -0.39 is 5.97 Å². The van der Waals surface area contributed by atoms with Gasteiger partial charge in [-0.1, -0.05) is 0 Å². The molecule has 1 fully saturated rings. The normalized spacial score (nSPS) is 19.8. The topological polar surface area (TPSA) is 47.0 Å². The molecule has 1 saturated heterocycles. The monoisotopic (exact) mass is 289 g/mol. The van der Waals surface area contributed by atoms with Gasteiger partial charge in [-0.05, 0) is 37.2 Å². The number of carbonyl (C=O) groups is 1. The van der Waals surface area contributed by atoms with E-state index in [9.17, 15) is 4.79 Å². The molecule has 0 spiro atoms. The van der Waals surface area contributed by atoms with Gasteiger partial charge in [-0.3, -0.25) is 4.90 Å². The highest BCUT2D eigenvalue weighted by Gasteiger charge is 2.21. The molecule has 2 aliphatic heterocycles. The van der Waals surface area contributed by atoms with E-state index >= 15 is 0 Å². The Morgan fingerprint density at radius 3 is 2.62 bits per heavy atom. The fourth-order valence-corrected chi connectivity index (χ4v) is 3.17. The Morgan fingerprint density at radius 2 is 1.90 bits per heavy atom. The van der Waals surface area contributed by atoms with Crippen LogP contribution in [0.1, 0.15) is 15.9 Å². The van der Waals surface area contributed by atoms with Crippen molar-refractivity contribution < 1.29 is 9.90 Å². The summed E-state index contributed by atoms with van der Waals surface area (Å²) in [5.74, 6) is -0.839. The van der Waals surface area contributed by atoms with Gasteiger partial charge in [0.1, 0.15) is 0 Å². The second-order valence-corrected chi connectivity index (χ2v) is 6.03. The average Bonchev–Trinajstić information content (AvgIpc) is 2.89. The van der Waals surface area contributed by atoms with Crippen LogP contribution >= 0.6 is 0 Å². The van der Waals surface area contributed by atoms with Crippen LogP contribution < -0.4 is 4.90 Å². The Morgan fingerprint density at radius 1 is 1.14 bits per heavy atom. The minimum absolute atomic E-state index is 0.398. The third kappa shape index (κ3) is 3.19. The number of benzene rings is 1. The van der Waals surface area contributed by atoms with Gasteiger partial charge < -0.3 is 14.9 Å². The standard InChI is InChI=1S/C16H23N3O2/c1-17-6-8-18(9-7-17)10-11-19-5-4-13-12-14(16(20)21)2-3-15(13)19/h2-3,12H,4-11H2,1H3,(H,20,21). The molecule has 0 aromatic heterocycles. The van der Waals surface area contributed by atoms with Crippen LogP contribution in [0.3, 0.4) is 0 Å². The van der Waals surface area contributed by atoms with Gasteiger partial charge in [0.15, 0.2) is 0 Å². The van der Waals surface area contributed by atoms with Crippen molar-refractivity contribution in [3.63, 3.8) is 0 Å². The summed E-state index contributed by atoms with van der Waals surface area (Å²) < 4.78 is 0. The number of likely N-dealkylation sites (N-methyl/N-ethyl adjacent to an activating group) is 1. The lowest BCUT2D eigenvalue weighted by atomic mass is 10.1. The number of carboxylic acids is 1. The summed E-state index contributed by atoms with van der Waals surface area (Å²) in [6.07, 6.45) is 0.958. The molecule has 21 heavy (non-hydrogen) atoms. The van der Waals surface area contributed by atoms with E-state index in [2.05, 4.69) is 21.7 Å². The van der Waals surface area contributed by atoms with Crippen molar-refractivity contribution in [3.8, 4) is 0 Å². The van der Waals surface area contributed by atoms with Crippen molar-refractivity contribution in [2.24, 2.45) is 0 Å². The number of anilines is 1. The number of fused-ring (bicyclic) bond motifs is 1. The van der Waals surface area contributed by atoms with E-state index in [1.54, 1.807) is 6.07 Å². The molecule has 114 valence electrons. The Bertz CT molecular complexity index is 524. The molecule has 2 heterocycles. The SMILES string of the molecule is CN1CCN(CCN2CCc3cc(C(=O)O)ccc32)CC1. The van der Waals surface area contributed by atoms with Crippen LogP contribution in [0.4, 0.5) is 5.69 Å². The predicted molar refractivity (Wildman–Crippen MR) is 83.3 cm³/mol. The molecule has 1 N–H and O–H groups in total. The maximum absolute atomic E-state index is 11.0. The summed E-state index contributed by atoms with van der Waals surface area (Å²) >= 11 is 0. The molecule has 1 aromatic carbocycles. The van der Waals surface area contributed by atoms with E-state index in [0.717, 1.165) is 52.2 Å². The largest absolute Gasteiger partial charge is 0.478 e. The van der Waals surface area contributed by atoms with Crippen molar-refractivity contribution in [1.82, 2.24) is 9.80 Å². The van der Waals surface area contributed by atoms with Crippen molar-refractivity contribution in [2.75, 3.05) is 57.8 Å². The van der Waals surface area contributed by atoms with E-state index in [0.29, 0.717) is 5.56 Å². The summed E-state index contributed by atoms with van der Waals surface area (Å²) in [6, 6.07) is 5.51. The van der Waals surface area contributed by atoms with Gasteiger partial charge in [-0.2, -0.15) is 0 Å². The van der Waals surface area contributed by atoms with Gasteiger partial charge in [-0.15, -0.1) is 0 Å². The van der Waals surface area contributed by atoms with Gasteiger partial charge in [0.05, 0.1) is 5.56 Å². The maximum Gasteiger partial charge on any atom is 0.335 e.